The highest BCUT2D eigenvalue weighted by atomic mass is 127. The van der Waals surface area contributed by atoms with Gasteiger partial charge in [-0.25, -0.2) is 9.38 Å². The Balaban J connectivity index is 0.00000480. The van der Waals surface area contributed by atoms with Crippen LogP contribution >= 0.6 is 24.0 Å². The third-order valence-electron chi connectivity index (χ3n) is 4.21. The molecule has 0 radical (unpaired) electrons. The molecule has 0 fully saturated rings. The summed E-state index contributed by atoms with van der Waals surface area (Å²) in [5, 5.41) is 9.26. The van der Waals surface area contributed by atoms with Gasteiger partial charge in [-0.3, -0.25) is 4.79 Å². The first-order chi connectivity index (χ1) is 14.5. The van der Waals surface area contributed by atoms with Gasteiger partial charge in [0.1, 0.15) is 6.10 Å². The van der Waals surface area contributed by atoms with Crippen molar-refractivity contribution in [2.75, 3.05) is 19.6 Å². The maximum absolute atomic E-state index is 13.7. The summed E-state index contributed by atoms with van der Waals surface area (Å²) in [5.41, 5.74) is 1.56. The van der Waals surface area contributed by atoms with E-state index in [1.165, 1.54) is 6.07 Å². The Bertz CT molecular complexity index is 848. The molecule has 0 spiro atoms. The minimum Gasteiger partial charge on any atom is -0.486 e. The normalized spacial score (nSPS) is 11.8. The zero-order chi connectivity index (χ0) is 21.8. The summed E-state index contributed by atoms with van der Waals surface area (Å²) >= 11 is 0. The van der Waals surface area contributed by atoms with Gasteiger partial charge in [0.05, 0.1) is 13.1 Å². The van der Waals surface area contributed by atoms with Crippen LogP contribution in [0, 0.1) is 5.82 Å². The number of aliphatic imine (C=N–C) groups is 1. The molecule has 6 nitrogen and oxygen atoms in total. The molecule has 2 aromatic rings. The third-order valence-corrected chi connectivity index (χ3v) is 4.21. The Morgan fingerprint density at radius 2 is 1.87 bits per heavy atom. The molecule has 0 saturated carbocycles. The maximum atomic E-state index is 13.7. The quantitative estimate of drug-likeness (QED) is 0.240. The number of para-hydroxylation sites is 1. The lowest BCUT2D eigenvalue weighted by Crippen LogP contribution is -2.41. The summed E-state index contributed by atoms with van der Waals surface area (Å²) in [6.45, 7) is 8.10. The van der Waals surface area contributed by atoms with E-state index in [9.17, 15) is 9.18 Å². The predicted molar refractivity (Wildman–Crippen MR) is 134 cm³/mol. The van der Waals surface area contributed by atoms with Crippen molar-refractivity contribution in [2.45, 2.75) is 39.8 Å². The van der Waals surface area contributed by atoms with E-state index in [1.54, 1.807) is 24.3 Å². The topological polar surface area (TPSA) is 74.8 Å². The van der Waals surface area contributed by atoms with Crippen molar-refractivity contribution in [3.63, 3.8) is 0 Å². The van der Waals surface area contributed by atoms with Gasteiger partial charge in [-0.1, -0.05) is 31.2 Å². The van der Waals surface area contributed by atoms with Crippen LogP contribution in [0.5, 0.6) is 5.75 Å². The van der Waals surface area contributed by atoms with Gasteiger partial charge in [0.2, 0.25) is 0 Å². The van der Waals surface area contributed by atoms with Crippen LogP contribution in [0.3, 0.4) is 0 Å². The molecular formula is C23H32FIN4O2. The number of amides is 1. The van der Waals surface area contributed by atoms with Gasteiger partial charge in [-0.2, -0.15) is 0 Å². The molecule has 1 atom stereocenters. The summed E-state index contributed by atoms with van der Waals surface area (Å²) in [6.07, 6.45) is 0.642. The van der Waals surface area contributed by atoms with Crippen LogP contribution in [0.25, 0.3) is 0 Å². The second-order valence-corrected chi connectivity index (χ2v) is 6.89. The van der Waals surface area contributed by atoms with E-state index in [4.69, 9.17) is 4.74 Å². The zero-order valence-electron chi connectivity index (χ0n) is 18.3. The number of hydrogen-bond acceptors (Lipinski definition) is 3. The SMILES string of the molecule is CCCNC(=O)c1cccc(CN=C(NCC)NCC(C)Oc2ccccc2F)c1.I. The lowest BCUT2D eigenvalue weighted by atomic mass is 10.1. The molecule has 2 rings (SSSR count). The van der Waals surface area contributed by atoms with Crippen LogP contribution in [0.2, 0.25) is 0 Å². The van der Waals surface area contributed by atoms with E-state index in [-0.39, 0.29) is 47.6 Å². The Hall–Kier alpha value is -2.36. The molecule has 0 aliphatic rings. The molecular weight excluding hydrogens is 510 g/mol. The van der Waals surface area contributed by atoms with E-state index in [2.05, 4.69) is 20.9 Å². The smallest absolute Gasteiger partial charge is 0.251 e. The van der Waals surface area contributed by atoms with Crippen molar-refractivity contribution in [1.82, 2.24) is 16.0 Å². The highest BCUT2D eigenvalue weighted by molar-refractivity contribution is 14.0. The summed E-state index contributed by atoms with van der Waals surface area (Å²) in [4.78, 5) is 16.7. The molecule has 2 aromatic carbocycles. The number of nitrogens with one attached hydrogen (secondary N) is 3. The summed E-state index contributed by atoms with van der Waals surface area (Å²) in [7, 11) is 0. The van der Waals surface area contributed by atoms with Crippen LogP contribution in [-0.4, -0.2) is 37.6 Å². The van der Waals surface area contributed by atoms with Crippen molar-refractivity contribution in [3.8, 4) is 5.75 Å². The third kappa shape index (κ3) is 9.54. The standard InChI is InChI=1S/C23H31FN4O2.HI/c1-4-13-26-22(29)19-10-8-9-18(14-19)16-28-23(25-5-2)27-15-17(3)30-21-12-7-6-11-20(21)24;/h6-12,14,17H,4-5,13,15-16H2,1-3H3,(H,26,29)(H2,25,27,28);1H. The van der Waals surface area contributed by atoms with Crippen molar-refractivity contribution in [1.29, 1.82) is 0 Å². The fourth-order valence-corrected chi connectivity index (χ4v) is 2.70. The number of guanidine groups is 1. The molecule has 0 bridgehead atoms. The van der Waals surface area contributed by atoms with E-state index >= 15 is 0 Å². The second-order valence-electron chi connectivity index (χ2n) is 6.89. The van der Waals surface area contributed by atoms with E-state index < -0.39 is 0 Å². The lowest BCUT2D eigenvalue weighted by Gasteiger charge is -2.18. The fourth-order valence-electron chi connectivity index (χ4n) is 2.70. The predicted octanol–water partition coefficient (Wildman–Crippen LogP) is 4.11. The Morgan fingerprint density at radius 3 is 2.58 bits per heavy atom. The van der Waals surface area contributed by atoms with Crippen LogP contribution in [0.4, 0.5) is 4.39 Å². The molecule has 31 heavy (non-hydrogen) atoms. The van der Waals surface area contributed by atoms with Crippen molar-refractivity contribution in [3.05, 3.63) is 65.5 Å². The van der Waals surface area contributed by atoms with Gasteiger partial charge in [0.25, 0.3) is 5.91 Å². The first kappa shape index (κ1) is 26.7. The average Bonchev–Trinajstić information content (AvgIpc) is 2.75. The number of rotatable bonds is 10. The van der Waals surface area contributed by atoms with Crippen molar-refractivity contribution >= 4 is 35.8 Å². The van der Waals surface area contributed by atoms with E-state index in [0.717, 1.165) is 12.0 Å². The molecule has 0 saturated heterocycles. The highest BCUT2D eigenvalue weighted by Gasteiger charge is 2.09. The number of carbonyl (C=O) groups is 1. The molecule has 1 amide bonds. The Labute approximate surface area is 201 Å². The first-order valence-electron chi connectivity index (χ1n) is 10.3. The van der Waals surface area contributed by atoms with E-state index in [1.807, 2.05) is 39.0 Å². The molecule has 1 unspecified atom stereocenters. The van der Waals surface area contributed by atoms with E-state index in [0.29, 0.717) is 37.7 Å². The number of hydrogen-bond donors (Lipinski definition) is 3. The van der Waals surface area contributed by atoms with Gasteiger partial charge >= 0.3 is 0 Å². The number of ether oxygens (including phenoxy) is 1. The van der Waals surface area contributed by atoms with Gasteiger partial charge < -0.3 is 20.7 Å². The second kappa shape index (κ2) is 14.6. The molecule has 3 N–H and O–H groups in total. The molecule has 0 aromatic heterocycles. The van der Waals surface area contributed by atoms with Crippen molar-refractivity contribution in [2.24, 2.45) is 4.99 Å². The van der Waals surface area contributed by atoms with Gasteiger partial charge in [-0.05, 0) is 50.1 Å². The minimum absolute atomic E-state index is 0. The Morgan fingerprint density at radius 1 is 1.10 bits per heavy atom. The average molecular weight is 542 g/mol. The Kier molecular flexibility index (Phi) is 12.6. The highest BCUT2D eigenvalue weighted by Crippen LogP contribution is 2.16. The maximum Gasteiger partial charge on any atom is 0.251 e. The van der Waals surface area contributed by atoms with Crippen LogP contribution in [0.1, 0.15) is 43.1 Å². The number of carbonyl (C=O) groups excluding carboxylic acids is 1. The number of nitrogens with zero attached hydrogens (tertiary/aromatic N) is 1. The van der Waals surface area contributed by atoms with Crippen molar-refractivity contribution < 1.29 is 13.9 Å². The monoisotopic (exact) mass is 542 g/mol. The minimum atomic E-state index is -0.382. The first-order valence-corrected chi connectivity index (χ1v) is 10.3. The summed E-state index contributed by atoms with van der Waals surface area (Å²) < 4.78 is 19.4. The molecule has 8 heteroatoms. The largest absolute Gasteiger partial charge is 0.486 e. The molecule has 0 heterocycles. The van der Waals surface area contributed by atoms with Crippen LogP contribution in [0.15, 0.2) is 53.5 Å². The van der Waals surface area contributed by atoms with Crippen LogP contribution < -0.4 is 20.7 Å². The van der Waals surface area contributed by atoms with Gasteiger partial charge in [0.15, 0.2) is 17.5 Å². The zero-order valence-corrected chi connectivity index (χ0v) is 20.6. The lowest BCUT2D eigenvalue weighted by molar-refractivity contribution is 0.0953. The molecule has 0 aliphatic carbocycles. The fraction of sp³-hybridized carbons (Fsp3) is 0.391. The molecule has 170 valence electrons. The number of benzene rings is 2. The van der Waals surface area contributed by atoms with Crippen LogP contribution in [-0.2, 0) is 6.54 Å². The van der Waals surface area contributed by atoms with Gasteiger partial charge in [0, 0.05) is 18.7 Å². The van der Waals surface area contributed by atoms with Gasteiger partial charge in [-0.15, -0.1) is 24.0 Å². The number of halogens is 2. The molecule has 0 aliphatic heterocycles. The summed E-state index contributed by atoms with van der Waals surface area (Å²) in [6, 6.07) is 13.8. The summed E-state index contributed by atoms with van der Waals surface area (Å²) in [5.74, 6) is 0.397.